The van der Waals surface area contributed by atoms with Crippen molar-refractivity contribution < 1.29 is 28.2 Å². The Morgan fingerprint density at radius 2 is 1.52 bits per heavy atom. The highest BCUT2D eigenvalue weighted by molar-refractivity contribution is 8.00. The summed E-state index contributed by atoms with van der Waals surface area (Å²) >= 11 is 1.69. The molecule has 0 radical (unpaired) electrons. The minimum Gasteiger partial charge on any atom is -0.465 e. The van der Waals surface area contributed by atoms with Gasteiger partial charge in [-0.25, -0.2) is 4.39 Å². The lowest BCUT2D eigenvalue weighted by atomic mass is 10.1. The van der Waals surface area contributed by atoms with Crippen LogP contribution in [0.1, 0.15) is 62.5 Å². The van der Waals surface area contributed by atoms with Crippen LogP contribution in [0.3, 0.4) is 0 Å². The standard InChI is InChI=1S/C34H40FNO5S/c35-29-19-21-30(22-20-29)41-34(40-25-28-14-7-4-8-15-28)18-11-16-32-36(31(37)26-42-32)23-10-2-1-9-17-33(38)39-24-27-12-5-3-6-13-27/h3-8,12-15,19-22,32,34H,1-2,9-11,16-18,23-26H2. The van der Waals surface area contributed by atoms with Crippen LogP contribution in [0, 0.1) is 5.82 Å². The lowest BCUT2D eigenvalue weighted by Gasteiger charge is -2.25. The molecule has 1 heterocycles. The molecule has 0 bridgehead atoms. The number of hydrogen-bond acceptors (Lipinski definition) is 6. The first-order valence-corrected chi connectivity index (χ1v) is 15.8. The van der Waals surface area contributed by atoms with E-state index in [9.17, 15) is 14.0 Å². The highest BCUT2D eigenvalue weighted by atomic mass is 32.2. The van der Waals surface area contributed by atoms with Crippen LogP contribution in [0.5, 0.6) is 5.75 Å². The van der Waals surface area contributed by atoms with Crippen molar-refractivity contribution in [1.29, 1.82) is 0 Å². The molecular formula is C34H40FNO5S. The van der Waals surface area contributed by atoms with Crippen LogP contribution < -0.4 is 4.74 Å². The van der Waals surface area contributed by atoms with Crippen molar-refractivity contribution in [3.8, 4) is 5.75 Å². The minimum absolute atomic E-state index is 0.144. The summed E-state index contributed by atoms with van der Waals surface area (Å²) < 4.78 is 30.9. The first-order chi connectivity index (χ1) is 20.6. The van der Waals surface area contributed by atoms with Gasteiger partial charge in [-0.05, 0) is 61.1 Å². The molecule has 8 heteroatoms. The van der Waals surface area contributed by atoms with E-state index >= 15 is 0 Å². The number of hydrogen-bond donors (Lipinski definition) is 0. The van der Waals surface area contributed by atoms with Gasteiger partial charge >= 0.3 is 5.97 Å². The molecule has 4 rings (SSSR count). The van der Waals surface area contributed by atoms with Gasteiger partial charge < -0.3 is 19.1 Å². The van der Waals surface area contributed by atoms with Gasteiger partial charge in [-0.3, -0.25) is 9.59 Å². The molecular weight excluding hydrogens is 553 g/mol. The van der Waals surface area contributed by atoms with E-state index in [2.05, 4.69) is 0 Å². The molecule has 42 heavy (non-hydrogen) atoms. The largest absolute Gasteiger partial charge is 0.465 e. The third kappa shape index (κ3) is 11.1. The second-order valence-corrected chi connectivity index (χ2v) is 11.6. The summed E-state index contributed by atoms with van der Waals surface area (Å²) in [6.07, 6.45) is 5.87. The number of nitrogens with zero attached hydrogens (tertiary/aromatic N) is 1. The molecule has 0 aromatic heterocycles. The van der Waals surface area contributed by atoms with Crippen molar-refractivity contribution in [3.63, 3.8) is 0 Å². The zero-order valence-corrected chi connectivity index (χ0v) is 24.8. The quantitative estimate of drug-likeness (QED) is 0.0864. The van der Waals surface area contributed by atoms with E-state index in [0.717, 1.165) is 56.2 Å². The van der Waals surface area contributed by atoms with E-state index < -0.39 is 6.29 Å². The Morgan fingerprint density at radius 1 is 0.857 bits per heavy atom. The number of thioether (sulfide) groups is 1. The molecule has 0 spiro atoms. The smallest absolute Gasteiger partial charge is 0.306 e. The summed E-state index contributed by atoms with van der Waals surface area (Å²) in [5.74, 6) is 0.783. The predicted octanol–water partition coefficient (Wildman–Crippen LogP) is 7.51. The van der Waals surface area contributed by atoms with E-state index in [4.69, 9.17) is 14.2 Å². The van der Waals surface area contributed by atoms with Gasteiger partial charge in [0.05, 0.1) is 17.7 Å². The number of unbranched alkanes of at least 4 members (excludes halogenated alkanes) is 3. The Hall–Kier alpha value is -3.36. The normalized spacial score (nSPS) is 15.5. The Bertz CT molecular complexity index is 1210. The van der Waals surface area contributed by atoms with Crippen LogP contribution in [0.25, 0.3) is 0 Å². The first kappa shape index (κ1) is 31.6. The molecule has 1 fully saturated rings. The van der Waals surface area contributed by atoms with Crippen molar-refractivity contribution >= 4 is 23.6 Å². The number of rotatable bonds is 18. The third-order valence-electron chi connectivity index (χ3n) is 7.09. The molecule has 3 aromatic rings. The Labute approximate surface area is 252 Å². The summed E-state index contributed by atoms with van der Waals surface area (Å²) in [7, 11) is 0. The Kier molecular flexibility index (Phi) is 13.2. The second kappa shape index (κ2) is 17.6. The predicted molar refractivity (Wildman–Crippen MR) is 163 cm³/mol. The fourth-order valence-corrected chi connectivity index (χ4v) is 6.02. The summed E-state index contributed by atoms with van der Waals surface area (Å²) in [6, 6.07) is 25.6. The number of carbonyl (C=O) groups excluding carboxylic acids is 2. The van der Waals surface area contributed by atoms with E-state index in [1.807, 2.05) is 65.6 Å². The van der Waals surface area contributed by atoms with Crippen LogP contribution in [-0.4, -0.2) is 40.7 Å². The van der Waals surface area contributed by atoms with Crippen LogP contribution in [-0.2, 0) is 32.3 Å². The highest BCUT2D eigenvalue weighted by Gasteiger charge is 2.30. The van der Waals surface area contributed by atoms with Crippen LogP contribution in [0.2, 0.25) is 0 Å². The lowest BCUT2D eigenvalue weighted by Crippen LogP contribution is -2.34. The highest BCUT2D eigenvalue weighted by Crippen LogP contribution is 2.30. The summed E-state index contributed by atoms with van der Waals surface area (Å²) in [6.45, 7) is 1.46. The van der Waals surface area contributed by atoms with Crippen molar-refractivity contribution in [2.75, 3.05) is 12.3 Å². The number of ether oxygens (including phenoxy) is 3. The molecule has 3 aromatic carbocycles. The van der Waals surface area contributed by atoms with Crippen molar-refractivity contribution in [3.05, 3.63) is 102 Å². The number of amides is 1. The zero-order chi connectivity index (χ0) is 29.4. The Balaban J connectivity index is 1.14. The maximum Gasteiger partial charge on any atom is 0.306 e. The van der Waals surface area contributed by atoms with Gasteiger partial charge in [0.25, 0.3) is 0 Å². The average molecular weight is 594 g/mol. The molecule has 1 aliphatic heterocycles. The molecule has 2 unspecified atom stereocenters. The summed E-state index contributed by atoms with van der Waals surface area (Å²) in [5.41, 5.74) is 2.04. The Morgan fingerprint density at radius 3 is 2.24 bits per heavy atom. The molecule has 6 nitrogen and oxygen atoms in total. The van der Waals surface area contributed by atoms with E-state index in [-0.39, 0.29) is 23.1 Å². The van der Waals surface area contributed by atoms with E-state index in [0.29, 0.717) is 37.6 Å². The molecule has 1 saturated heterocycles. The van der Waals surface area contributed by atoms with Crippen molar-refractivity contribution in [1.82, 2.24) is 4.90 Å². The minimum atomic E-state index is -0.481. The first-order valence-electron chi connectivity index (χ1n) is 14.8. The van der Waals surface area contributed by atoms with Gasteiger partial charge in [0.2, 0.25) is 5.91 Å². The number of esters is 1. The number of halogens is 1. The maximum atomic E-state index is 13.4. The van der Waals surface area contributed by atoms with E-state index in [1.165, 1.54) is 12.1 Å². The van der Waals surface area contributed by atoms with Gasteiger partial charge in [0.1, 0.15) is 18.2 Å². The zero-order valence-electron chi connectivity index (χ0n) is 24.0. The maximum absolute atomic E-state index is 13.4. The van der Waals surface area contributed by atoms with Crippen LogP contribution in [0.15, 0.2) is 84.9 Å². The number of benzene rings is 3. The monoisotopic (exact) mass is 593 g/mol. The fraction of sp³-hybridized carbons (Fsp3) is 0.412. The molecule has 0 N–H and O–H groups in total. The lowest BCUT2D eigenvalue weighted by molar-refractivity contribution is -0.145. The van der Waals surface area contributed by atoms with Crippen molar-refractivity contribution in [2.24, 2.45) is 0 Å². The fourth-order valence-electron chi connectivity index (χ4n) is 4.79. The molecule has 224 valence electrons. The van der Waals surface area contributed by atoms with Gasteiger partial charge in [0, 0.05) is 19.4 Å². The van der Waals surface area contributed by atoms with Gasteiger partial charge in [-0.1, -0.05) is 73.5 Å². The molecule has 2 atom stereocenters. The molecule has 0 aliphatic carbocycles. The molecule has 1 amide bonds. The topological polar surface area (TPSA) is 65.1 Å². The second-order valence-electron chi connectivity index (χ2n) is 10.4. The van der Waals surface area contributed by atoms with Gasteiger partial charge in [-0.2, -0.15) is 0 Å². The van der Waals surface area contributed by atoms with Gasteiger partial charge in [0.15, 0.2) is 6.29 Å². The molecule has 1 aliphatic rings. The molecule has 0 saturated carbocycles. The van der Waals surface area contributed by atoms with Gasteiger partial charge in [-0.15, -0.1) is 11.8 Å². The summed E-state index contributed by atoms with van der Waals surface area (Å²) in [5, 5.41) is 0.144. The average Bonchev–Trinajstić information content (AvgIpc) is 3.37. The van der Waals surface area contributed by atoms with E-state index in [1.54, 1.807) is 23.9 Å². The number of carbonyl (C=O) groups is 2. The van der Waals surface area contributed by atoms with Crippen LogP contribution >= 0.6 is 11.8 Å². The van der Waals surface area contributed by atoms with Crippen molar-refractivity contribution in [2.45, 2.75) is 76.2 Å². The summed E-state index contributed by atoms with van der Waals surface area (Å²) in [4.78, 5) is 26.6. The third-order valence-corrected chi connectivity index (χ3v) is 8.38. The van der Waals surface area contributed by atoms with Crippen LogP contribution in [0.4, 0.5) is 4.39 Å². The SMILES string of the molecule is O=C(CCCCCCN1C(=O)CSC1CCCC(OCc1ccccc1)Oc1ccc(F)cc1)OCc1ccccc1.